The van der Waals surface area contributed by atoms with Gasteiger partial charge in [-0.2, -0.15) is 0 Å². The standard InChI is InChI=1S/C17H12N2/c1-2-4-13(5-3-1)14-6-7-16-15(12-14)8-10-19-11-9-18-17(16)19/h1-12H. The van der Waals surface area contributed by atoms with Gasteiger partial charge in [-0.15, -0.1) is 0 Å². The number of benzene rings is 2. The third-order valence-corrected chi connectivity index (χ3v) is 3.48. The second-order valence-corrected chi connectivity index (χ2v) is 4.64. The van der Waals surface area contributed by atoms with Crippen LogP contribution in [0.1, 0.15) is 0 Å². The van der Waals surface area contributed by atoms with Crippen molar-refractivity contribution in [2.45, 2.75) is 0 Å². The lowest BCUT2D eigenvalue weighted by molar-refractivity contribution is 1.20. The Balaban J connectivity index is 1.99. The van der Waals surface area contributed by atoms with Gasteiger partial charge in [0.1, 0.15) is 5.65 Å². The van der Waals surface area contributed by atoms with Gasteiger partial charge in [-0.3, -0.25) is 0 Å². The zero-order valence-electron chi connectivity index (χ0n) is 10.3. The van der Waals surface area contributed by atoms with Crippen LogP contribution in [0.15, 0.2) is 73.2 Å². The van der Waals surface area contributed by atoms with E-state index in [0.717, 1.165) is 5.65 Å². The second kappa shape index (κ2) is 3.95. The molecule has 0 N–H and O–H groups in total. The van der Waals surface area contributed by atoms with E-state index < -0.39 is 0 Å². The van der Waals surface area contributed by atoms with Crippen molar-refractivity contribution in [2.24, 2.45) is 0 Å². The van der Waals surface area contributed by atoms with Crippen molar-refractivity contribution >= 4 is 16.4 Å². The highest BCUT2D eigenvalue weighted by Crippen LogP contribution is 2.26. The summed E-state index contributed by atoms with van der Waals surface area (Å²) in [7, 11) is 0. The van der Waals surface area contributed by atoms with Crippen molar-refractivity contribution in [2.75, 3.05) is 0 Å². The average Bonchev–Trinajstić information content (AvgIpc) is 2.96. The Labute approximate surface area is 111 Å². The highest BCUT2D eigenvalue weighted by Gasteiger charge is 2.03. The van der Waals surface area contributed by atoms with Crippen molar-refractivity contribution in [3.8, 4) is 11.1 Å². The fraction of sp³-hybridized carbons (Fsp3) is 0. The van der Waals surface area contributed by atoms with Crippen LogP contribution in [-0.2, 0) is 0 Å². The zero-order valence-corrected chi connectivity index (χ0v) is 10.3. The van der Waals surface area contributed by atoms with Crippen molar-refractivity contribution in [1.82, 2.24) is 9.38 Å². The SMILES string of the molecule is c1ccc(-c2ccc3c(ccn4ccnc34)c2)cc1. The third kappa shape index (κ3) is 1.61. The maximum absolute atomic E-state index is 4.41. The highest BCUT2D eigenvalue weighted by atomic mass is 15.0. The molecule has 0 radical (unpaired) electrons. The Hall–Kier alpha value is -2.61. The molecule has 0 bridgehead atoms. The lowest BCUT2D eigenvalue weighted by Crippen LogP contribution is -1.85. The molecular weight excluding hydrogens is 232 g/mol. The number of pyridine rings is 1. The molecule has 0 amide bonds. The molecule has 0 fully saturated rings. The van der Waals surface area contributed by atoms with Crippen LogP contribution in [-0.4, -0.2) is 9.38 Å². The third-order valence-electron chi connectivity index (χ3n) is 3.48. The number of aromatic nitrogens is 2. The van der Waals surface area contributed by atoms with Gasteiger partial charge in [-0.1, -0.05) is 42.5 Å². The molecule has 2 nitrogen and oxygen atoms in total. The predicted octanol–water partition coefficient (Wildman–Crippen LogP) is 4.15. The molecule has 2 aromatic carbocycles. The molecule has 2 heterocycles. The molecule has 0 unspecified atom stereocenters. The van der Waals surface area contributed by atoms with Gasteiger partial charge in [-0.05, 0) is 28.6 Å². The van der Waals surface area contributed by atoms with Crippen molar-refractivity contribution in [1.29, 1.82) is 0 Å². The predicted molar refractivity (Wildman–Crippen MR) is 78.1 cm³/mol. The molecule has 0 aliphatic rings. The molecule has 4 aromatic rings. The van der Waals surface area contributed by atoms with Gasteiger partial charge >= 0.3 is 0 Å². The van der Waals surface area contributed by atoms with Crippen molar-refractivity contribution < 1.29 is 0 Å². The fourth-order valence-electron chi connectivity index (χ4n) is 2.52. The van der Waals surface area contributed by atoms with E-state index in [1.807, 2.05) is 22.9 Å². The number of hydrogen-bond donors (Lipinski definition) is 0. The van der Waals surface area contributed by atoms with Crippen LogP contribution in [0.3, 0.4) is 0 Å². The first kappa shape index (κ1) is 10.3. The quantitative estimate of drug-likeness (QED) is 0.491. The largest absolute Gasteiger partial charge is 0.307 e. The Morgan fingerprint density at radius 2 is 1.68 bits per heavy atom. The van der Waals surface area contributed by atoms with Gasteiger partial charge < -0.3 is 4.40 Å². The van der Waals surface area contributed by atoms with E-state index >= 15 is 0 Å². The van der Waals surface area contributed by atoms with Crippen molar-refractivity contribution in [3.63, 3.8) is 0 Å². The molecule has 4 rings (SSSR count). The average molecular weight is 244 g/mol. The lowest BCUT2D eigenvalue weighted by Gasteiger charge is -2.05. The smallest absolute Gasteiger partial charge is 0.144 e. The van der Waals surface area contributed by atoms with Crippen LogP contribution in [0.2, 0.25) is 0 Å². The summed E-state index contributed by atoms with van der Waals surface area (Å²) in [6.07, 6.45) is 5.86. The van der Waals surface area contributed by atoms with E-state index in [9.17, 15) is 0 Å². The normalized spacial score (nSPS) is 11.2. The van der Waals surface area contributed by atoms with Crippen LogP contribution in [0, 0.1) is 0 Å². The molecule has 0 saturated carbocycles. The first-order valence-electron chi connectivity index (χ1n) is 6.33. The maximum atomic E-state index is 4.41. The first-order valence-corrected chi connectivity index (χ1v) is 6.33. The summed E-state index contributed by atoms with van der Waals surface area (Å²) < 4.78 is 2.05. The number of rotatable bonds is 1. The van der Waals surface area contributed by atoms with Crippen LogP contribution in [0.5, 0.6) is 0 Å². The topological polar surface area (TPSA) is 17.3 Å². The zero-order chi connectivity index (χ0) is 12.7. The summed E-state index contributed by atoms with van der Waals surface area (Å²) in [5.41, 5.74) is 3.49. The van der Waals surface area contributed by atoms with E-state index in [1.54, 1.807) is 0 Å². The fourth-order valence-corrected chi connectivity index (χ4v) is 2.52. The summed E-state index contributed by atoms with van der Waals surface area (Å²) in [4.78, 5) is 4.41. The molecule has 0 spiro atoms. The van der Waals surface area contributed by atoms with E-state index in [1.165, 1.54) is 21.9 Å². The van der Waals surface area contributed by atoms with Gasteiger partial charge in [0.25, 0.3) is 0 Å². The van der Waals surface area contributed by atoms with Crippen LogP contribution in [0.25, 0.3) is 27.5 Å². The molecule has 0 saturated heterocycles. The molecule has 0 aliphatic heterocycles. The molecule has 2 heteroatoms. The van der Waals surface area contributed by atoms with Gasteiger partial charge in [0.15, 0.2) is 0 Å². The Morgan fingerprint density at radius 3 is 2.58 bits per heavy atom. The minimum atomic E-state index is 1.01. The molecular formula is C17H12N2. The summed E-state index contributed by atoms with van der Waals surface area (Å²) >= 11 is 0. The summed E-state index contributed by atoms with van der Waals surface area (Å²) in [6.45, 7) is 0. The number of imidazole rings is 1. The Kier molecular flexibility index (Phi) is 2.15. The van der Waals surface area contributed by atoms with Crippen LogP contribution < -0.4 is 0 Å². The molecule has 0 atom stereocenters. The second-order valence-electron chi connectivity index (χ2n) is 4.64. The maximum Gasteiger partial charge on any atom is 0.144 e. The van der Waals surface area contributed by atoms with E-state index in [2.05, 4.69) is 59.7 Å². The number of hydrogen-bond acceptors (Lipinski definition) is 1. The molecule has 19 heavy (non-hydrogen) atoms. The molecule has 0 aliphatic carbocycles. The molecule has 90 valence electrons. The number of fused-ring (bicyclic) bond motifs is 3. The van der Waals surface area contributed by atoms with Crippen LogP contribution in [0.4, 0.5) is 0 Å². The minimum Gasteiger partial charge on any atom is -0.307 e. The van der Waals surface area contributed by atoms with E-state index in [0.29, 0.717) is 0 Å². The minimum absolute atomic E-state index is 1.01. The van der Waals surface area contributed by atoms with E-state index in [-0.39, 0.29) is 0 Å². The number of nitrogens with zero attached hydrogens (tertiary/aromatic N) is 2. The van der Waals surface area contributed by atoms with Crippen LogP contribution >= 0.6 is 0 Å². The Morgan fingerprint density at radius 1 is 0.789 bits per heavy atom. The summed E-state index contributed by atoms with van der Waals surface area (Å²) in [5, 5.41) is 2.41. The van der Waals surface area contributed by atoms with E-state index in [4.69, 9.17) is 0 Å². The summed E-state index contributed by atoms with van der Waals surface area (Å²) in [6, 6.07) is 19.1. The Bertz CT molecular complexity index is 860. The summed E-state index contributed by atoms with van der Waals surface area (Å²) in [5.74, 6) is 0. The van der Waals surface area contributed by atoms with Gasteiger partial charge in [-0.25, -0.2) is 4.98 Å². The van der Waals surface area contributed by atoms with Crippen molar-refractivity contribution in [3.05, 3.63) is 73.2 Å². The highest BCUT2D eigenvalue weighted by molar-refractivity contribution is 5.96. The monoisotopic (exact) mass is 244 g/mol. The van der Waals surface area contributed by atoms with Gasteiger partial charge in [0, 0.05) is 24.0 Å². The lowest BCUT2D eigenvalue weighted by atomic mass is 10.0. The van der Waals surface area contributed by atoms with Gasteiger partial charge in [0.05, 0.1) is 0 Å². The first-order chi connectivity index (χ1) is 9.42. The molecule has 2 aromatic heterocycles. The van der Waals surface area contributed by atoms with Gasteiger partial charge in [0.2, 0.25) is 0 Å².